The van der Waals surface area contributed by atoms with Crippen LogP contribution in [0.15, 0.2) is 12.2 Å². The zero-order valence-corrected chi connectivity index (χ0v) is 9.98. The smallest absolute Gasteiger partial charge is 0.247 e. The zero-order valence-electron chi connectivity index (χ0n) is 9.98. The number of rotatable bonds is 4. The molecular formula is C11H22N2O. The molecule has 0 heterocycles. The lowest BCUT2D eigenvalue weighted by molar-refractivity contribution is -0.118. The van der Waals surface area contributed by atoms with E-state index < -0.39 is 0 Å². The van der Waals surface area contributed by atoms with Crippen molar-refractivity contribution < 1.29 is 4.79 Å². The molecule has 0 aromatic carbocycles. The van der Waals surface area contributed by atoms with E-state index in [4.69, 9.17) is 0 Å². The lowest BCUT2D eigenvalue weighted by atomic mass is 9.97. The van der Waals surface area contributed by atoms with E-state index in [1.807, 2.05) is 19.0 Å². The topological polar surface area (TPSA) is 32.3 Å². The van der Waals surface area contributed by atoms with E-state index in [9.17, 15) is 4.79 Å². The number of likely N-dealkylation sites (N-methyl/N-ethyl adjacent to an activating group) is 1. The second-order valence-electron chi connectivity index (χ2n) is 5.08. The Hall–Kier alpha value is -0.830. The first-order valence-electron chi connectivity index (χ1n) is 4.83. The maximum atomic E-state index is 11.5. The van der Waals surface area contributed by atoms with Gasteiger partial charge in [-0.1, -0.05) is 27.4 Å². The number of carbonyl (C=O) groups excluding carboxylic acids is 1. The standard InChI is InChI=1S/C11H22N2O/c1-9(7-13(5)6)10(14)12-8-11(2,3)4/h1,7-8H2,2-6H3,(H,12,14). The minimum atomic E-state index is -0.0476. The Labute approximate surface area is 87.2 Å². The molecule has 0 aliphatic carbocycles. The van der Waals surface area contributed by atoms with Gasteiger partial charge in [0.25, 0.3) is 0 Å². The summed E-state index contributed by atoms with van der Waals surface area (Å²) in [5.41, 5.74) is 0.730. The van der Waals surface area contributed by atoms with Crippen LogP contribution in [0.25, 0.3) is 0 Å². The molecule has 0 saturated carbocycles. The summed E-state index contributed by atoms with van der Waals surface area (Å²) >= 11 is 0. The molecular weight excluding hydrogens is 176 g/mol. The van der Waals surface area contributed by atoms with Gasteiger partial charge in [-0.3, -0.25) is 4.79 Å². The van der Waals surface area contributed by atoms with Crippen molar-refractivity contribution in [1.29, 1.82) is 0 Å². The molecule has 0 rings (SSSR count). The highest BCUT2D eigenvalue weighted by Gasteiger charge is 2.13. The molecule has 0 aliphatic heterocycles. The highest BCUT2D eigenvalue weighted by atomic mass is 16.1. The van der Waals surface area contributed by atoms with E-state index in [0.29, 0.717) is 18.7 Å². The molecule has 0 saturated heterocycles. The summed E-state index contributed by atoms with van der Waals surface area (Å²) in [6, 6.07) is 0. The highest BCUT2D eigenvalue weighted by Crippen LogP contribution is 2.10. The van der Waals surface area contributed by atoms with Crippen LogP contribution in [0.2, 0.25) is 0 Å². The fourth-order valence-corrected chi connectivity index (χ4v) is 0.924. The third-order valence-electron chi connectivity index (χ3n) is 1.61. The van der Waals surface area contributed by atoms with Gasteiger partial charge in [0.2, 0.25) is 5.91 Å². The Morgan fingerprint density at radius 3 is 2.21 bits per heavy atom. The van der Waals surface area contributed by atoms with Crippen LogP contribution in [0.5, 0.6) is 0 Å². The molecule has 14 heavy (non-hydrogen) atoms. The number of amides is 1. The average Bonchev–Trinajstić information content (AvgIpc) is 1.97. The van der Waals surface area contributed by atoms with Crippen LogP contribution >= 0.6 is 0 Å². The van der Waals surface area contributed by atoms with Crippen LogP contribution in [0.3, 0.4) is 0 Å². The maximum Gasteiger partial charge on any atom is 0.247 e. The number of nitrogens with one attached hydrogen (secondary N) is 1. The van der Waals surface area contributed by atoms with Gasteiger partial charge < -0.3 is 10.2 Å². The molecule has 0 fully saturated rings. The third-order valence-corrected chi connectivity index (χ3v) is 1.61. The molecule has 0 bridgehead atoms. The second-order valence-corrected chi connectivity index (χ2v) is 5.08. The summed E-state index contributed by atoms with van der Waals surface area (Å²) in [6.45, 7) is 11.3. The summed E-state index contributed by atoms with van der Waals surface area (Å²) in [6.07, 6.45) is 0. The molecule has 0 unspecified atom stereocenters. The number of hydrogen-bond acceptors (Lipinski definition) is 2. The van der Waals surface area contributed by atoms with Crippen molar-refractivity contribution in [2.45, 2.75) is 20.8 Å². The Kier molecular flexibility index (Phi) is 4.85. The van der Waals surface area contributed by atoms with Crippen LogP contribution in [0, 0.1) is 5.41 Å². The number of nitrogens with zero attached hydrogens (tertiary/aromatic N) is 1. The monoisotopic (exact) mass is 198 g/mol. The average molecular weight is 198 g/mol. The van der Waals surface area contributed by atoms with Crippen molar-refractivity contribution in [2.24, 2.45) is 5.41 Å². The van der Waals surface area contributed by atoms with Gasteiger partial charge in [-0.05, 0) is 19.5 Å². The minimum absolute atomic E-state index is 0.0476. The maximum absolute atomic E-state index is 11.5. The van der Waals surface area contributed by atoms with Crippen molar-refractivity contribution in [3.05, 3.63) is 12.2 Å². The van der Waals surface area contributed by atoms with Gasteiger partial charge in [0.15, 0.2) is 0 Å². The lowest BCUT2D eigenvalue weighted by Gasteiger charge is -2.19. The quantitative estimate of drug-likeness (QED) is 0.690. The van der Waals surface area contributed by atoms with Crippen molar-refractivity contribution in [3.8, 4) is 0 Å². The van der Waals surface area contributed by atoms with E-state index in [2.05, 4.69) is 32.7 Å². The number of hydrogen-bond donors (Lipinski definition) is 1. The van der Waals surface area contributed by atoms with E-state index in [-0.39, 0.29) is 11.3 Å². The van der Waals surface area contributed by atoms with Gasteiger partial charge >= 0.3 is 0 Å². The summed E-state index contributed by atoms with van der Waals surface area (Å²) in [5, 5.41) is 2.86. The molecule has 0 aliphatic rings. The molecule has 0 aromatic rings. The fraction of sp³-hybridized carbons (Fsp3) is 0.727. The first-order valence-corrected chi connectivity index (χ1v) is 4.83. The van der Waals surface area contributed by atoms with Crippen molar-refractivity contribution in [2.75, 3.05) is 27.2 Å². The summed E-state index contributed by atoms with van der Waals surface area (Å²) < 4.78 is 0. The predicted octanol–water partition coefficient (Wildman–Crippen LogP) is 1.27. The predicted molar refractivity (Wildman–Crippen MR) is 60.2 cm³/mol. The Balaban J connectivity index is 3.92. The molecule has 0 spiro atoms. The molecule has 3 heteroatoms. The Morgan fingerprint density at radius 2 is 1.86 bits per heavy atom. The van der Waals surface area contributed by atoms with Gasteiger partial charge in [0.1, 0.15) is 0 Å². The summed E-state index contributed by atoms with van der Waals surface area (Å²) in [4.78, 5) is 13.4. The normalized spacial score (nSPS) is 11.6. The molecule has 0 aromatic heterocycles. The lowest BCUT2D eigenvalue weighted by Crippen LogP contribution is -2.35. The van der Waals surface area contributed by atoms with Crippen LogP contribution in [0.4, 0.5) is 0 Å². The van der Waals surface area contributed by atoms with Crippen molar-refractivity contribution in [3.63, 3.8) is 0 Å². The first-order chi connectivity index (χ1) is 6.22. The summed E-state index contributed by atoms with van der Waals surface area (Å²) in [5.74, 6) is -0.0476. The molecule has 1 N–H and O–H groups in total. The van der Waals surface area contributed by atoms with Gasteiger partial charge in [0.05, 0.1) is 0 Å². The van der Waals surface area contributed by atoms with Crippen molar-refractivity contribution in [1.82, 2.24) is 10.2 Å². The SMILES string of the molecule is C=C(CN(C)C)C(=O)NCC(C)(C)C. The van der Waals surface area contributed by atoms with Gasteiger partial charge in [-0.15, -0.1) is 0 Å². The molecule has 0 radical (unpaired) electrons. The van der Waals surface area contributed by atoms with Crippen LogP contribution in [0.1, 0.15) is 20.8 Å². The Bertz CT molecular complexity index is 214. The van der Waals surface area contributed by atoms with E-state index >= 15 is 0 Å². The van der Waals surface area contributed by atoms with Gasteiger partial charge in [0, 0.05) is 18.7 Å². The molecule has 1 amide bonds. The second kappa shape index (κ2) is 5.15. The zero-order chi connectivity index (χ0) is 11.4. The Morgan fingerprint density at radius 1 is 1.36 bits per heavy atom. The highest BCUT2D eigenvalue weighted by molar-refractivity contribution is 5.93. The van der Waals surface area contributed by atoms with Crippen LogP contribution in [-0.2, 0) is 4.79 Å². The fourth-order valence-electron chi connectivity index (χ4n) is 0.924. The van der Waals surface area contributed by atoms with E-state index in [1.54, 1.807) is 0 Å². The summed E-state index contributed by atoms with van der Waals surface area (Å²) in [7, 11) is 3.84. The van der Waals surface area contributed by atoms with E-state index in [1.165, 1.54) is 0 Å². The van der Waals surface area contributed by atoms with Crippen LogP contribution in [-0.4, -0.2) is 38.0 Å². The molecule has 3 nitrogen and oxygen atoms in total. The van der Waals surface area contributed by atoms with E-state index in [0.717, 1.165) is 0 Å². The first kappa shape index (κ1) is 13.2. The molecule has 82 valence electrons. The van der Waals surface area contributed by atoms with Gasteiger partial charge in [-0.25, -0.2) is 0 Å². The largest absolute Gasteiger partial charge is 0.352 e. The van der Waals surface area contributed by atoms with Gasteiger partial charge in [-0.2, -0.15) is 0 Å². The van der Waals surface area contributed by atoms with Crippen LogP contribution < -0.4 is 5.32 Å². The number of carbonyl (C=O) groups is 1. The minimum Gasteiger partial charge on any atom is -0.352 e. The third kappa shape index (κ3) is 6.66. The molecule has 0 atom stereocenters. The van der Waals surface area contributed by atoms with Crippen molar-refractivity contribution >= 4 is 5.91 Å².